The molecule has 0 aliphatic heterocycles. The van der Waals surface area contributed by atoms with Gasteiger partial charge in [0.1, 0.15) is 0 Å². The highest BCUT2D eigenvalue weighted by Crippen LogP contribution is 2.38. The van der Waals surface area contributed by atoms with Crippen LogP contribution in [-0.2, 0) is 4.79 Å². The van der Waals surface area contributed by atoms with E-state index in [2.05, 4.69) is 21.2 Å². The van der Waals surface area contributed by atoms with Crippen LogP contribution in [-0.4, -0.2) is 12.5 Å². The normalized spacial score (nSPS) is 19.0. The lowest BCUT2D eigenvalue weighted by Crippen LogP contribution is -2.39. The average Bonchev–Trinajstić information content (AvgIpc) is 2.48. The quantitative estimate of drug-likeness (QED) is 0.843. The first kappa shape index (κ1) is 16.5. The van der Waals surface area contributed by atoms with E-state index in [1.165, 1.54) is 19.3 Å². The van der Waals surface area contributed by atoms with Gasteiger partial charge in [0.2, 0.25) is 5.91 Å². The Balaban J connectivity index is 1.94. The summed E-state index contributed by atoms with van der Waals surface area (Å²) >= 11 is 3.47. The van der Waals surface area contributed by atoms with Crippen LogP contribution in [0.4, 0.5) is 0 Å². The Morgan fingerprint density at radius 3 is 2.71 bits per heavy atom. The van der Waals surface area contributed by atoms with Crippen LogP contribution in [0.2, 0.25) is 0 Å². The smallest absolute Gasteiger partial charge is 0.221 e. The Morgan fingerprint density at radius 2 is 2.10 bits per heavy atom. The van der Waals surface area contributed by atoms with Gasteiger partial charge in [0.15, 0.2) is 0 Å². The average molecular weight is 353 g/mol. The molecule has 0 bridgehead atoms. The number of hydrogen-bond acceptors (Lipinski definition) is 2. The minimum Gasteiger partial charge on any atom is -0.350 e. The molecule has 0 saturated heterocycles. The van der Waals surface area contributed by atoms with Crippen LogP contribution in [0.1, 0.15) is 57.1 Å². The van der Waals surface area contributed by atoms with Crippen molar-refractivity contribution in [2.75, 3.05) is 6.54 Å². The molecule has 116 valence electrons. The molecule has 4 heteroatoms. The zero-order chi connectivity index (χ0) is 15.3. The summed E-state index contributed by atoms with van der Waals surface area (Å²) in [7, 11) is 0. The molecule has 0 heterocycles. The monoisotopic (exact) mass is 352 g/mol. The number of hydrogen-bond donors (Lipinski definition) is 2. The third-order valence-corrected chi connectivity index (χ3v) is 5.10. The maximum Gasteiger partial charge on any atom is 0.221 e. The molecule has 21 heavy (non-hydrogen) atoms. The maximum absolute atomic E-state index is 12.4. The van der Waals surface area contributed by atoms with Crippen LogP contribution in [0.25, 0.3) is 0 Å². The minimum absolute atomic E-state index is 0.0217. The van der Waals surface area contributed by atoms with E-state index >= 15 is 0 Å². The summed E-state index contributed by atoms with van der Waals surface area (Å²) in [6.07, 6.45) is 6.40. The molecule has 1 aliphatic carbocycles. The SMILES string of the molecule is CC(NC(=O)CC1(CN)CCCCC1)c1cccc(Br)c1. The third-order valence-electron chi connectivity index (χ3n) is 4.61. The first-order chi connectivity index (χ1) is 10.0. The molecule has 0 radical (unpaired) electrons. The lowest BCUT2D eigenvalue weighted by Gasteiger charge is -2.36. The van der Waals surface area contributed by atoms with Crippen LogP contribution in [0.3, 0.4) is 0 Å². The molecule has 0 spiro atoms. The molecule has 0 aromatic heterocycles. The first-order valence-corrected chi connectivity index (χ1v) is 8.59. The lowest BCUT2D eigenvalue weighted by atomic mass is 9.71. The predicted molar refractivity (Wildman–Crippen MR) is 89.9 cm³/mol. The second kappa shape index (κ2) is 7.41. The second-order valence-corrected chi connectivity index (χ2v) is 7.20. The van der Waals surface area contributed by atoms with E-state index in [4.69, 9.17) is 5.73 Å². The summed E-state index contributed by atoms with van der Waals surface area (Å²) in [4.78, 5) is 12.4. The standard InChI is InChI=1S/C17H25BrN2O/c1-13(14-6-5-7-15(18)10-14)20-16(21)11-17(12-19)8-3-2-4-9-17/h5-7,10,13H,2-4,8-9,11-12,19H2,1H3,(H,20,21). The molecular weight excluding hydrogens is 328 g/mol. The highest BCUT2D eigenvalue weighted by Gasteiger charge is 2.33. The number of amides is 1. The van der Waals surface area contributed by atoms with Gasteiger partial charge in [-0.05, 0) is 49.4 Å². The first-order valence-electron chi connectivity index (χ1n) is 7.80. The molecule has 1 saturated carbocycles. The fourth-order valence-corrected chi connectivity index (χ4v) is 3.66. The summed E-state index contributed by atoms with van der Waals surface area (Å²) in [6, 6.07) is 8.08. The maximum atomic E-state index is 12.4. The van der Waals surface area contributed by atoms with Crippen molar-refractivity contribution < 1.29 is 4.79 Å². The van der Waals surface area contributed by atoms with Crippen molar-refractivity contribution in [3.63, 3.8) is 0 Å². The molecule has 1 atom stereocenters. The van der Waals surface area contributed by atoms with E-state index < -0.39 is 0 Å². The fourth-order valence-electron chi connectivity index (χ4n) is 3.25. The second-order valence-electron chi connectivity index (χ2n) is 6.29. The van der Waals surface area contributed by atoms with Gasteiger partial charge < -0.3 is 11.1 Å². The van der Waals surface area contributed by atoms with E-state index in [1.54, 1.807) is 0 Å². The van der Waals surface area contributed by atoms with Crippen molar-refractivity contribution in [3.05, 3.63) is 34.3 Å². The number of nitrogens with one attached hydrogen (secondary N) is 1. The van der Waals surface area contributed by atoms with Crippen LogP contribution >= 0.6 is 15.9 Å². The summed E-state index contributed by atoms with van der Waals surface area (Å²) in [5, 5.41) is 3.11. The third kappa shape index (κ3) is 4.55. The summed E-state index contributed by atoms with van der Waals surface area (Å²) in [6.45, 7) is 2.64. The molecule has 1 aliphatic rings. The molecule has 3 nitrogen and oxygen atoms in total. The van der Waals surface area contributed by atoms with Crippen molar-refractivity contribution in [1.29, 1.82) is 0 Å². The predicted octanol–water partition coefficient (Wildman–Crippen LogP) is 3.93. The van der Waals surface area contributed by atoms with Gasteiger partial charge >= 0.3 is 0 Å². The zero-order valence-electron chi connectivity index (χ0n) is 12.7. The molecule has 3 N–H and O–H groups in total. The molecule has 1 amide bonds. The Bertz CT molecular complexity index is 483. The van der Waals surface area contributed by atoms with E-state index in [0.29, 0.717) is 13.0 Å². The Kier molecular flexibility index (Phi) is 5.82. The van der Waals surface area contributed by atoms with E-state index in [9.17, 15) is 4.79 Å². The Morgan fingerprint density at radius 1 is 1.38 bits per heavy atom. The van der Waals surface area contributed by atoms with Gasteiger partial charge in [-0.15, -0.1) is 0 Å². The van der Waals surface area contributed by atoms with Crippen molar-refractivity contribution >= 4 is 21.8 Å². The van der Waals surface area contributed by atoms with Crippen molar-refractivity contribution in [3.8, 4) is 0 Å². The molecule has 2 rings (SSSR count). The van der Waals surface area contributed by atoms with Crippen LogP contribution in [0, 0.1) is 5.41 Å². The topological polar surface area (TPSA) is 55.1 Å². The van der Waals surface area contributed by atoms with E-state index in [0.717, 1.165) is 22.9 Å². The summed E-state index contributed by atoms with van der Waals surface area (Å²) < 4.78 is 1.03. The number of rotatable bonds is 5. The van der Waals surface area contributed by atoms with E-state index in [-0.39, 0.29) is 17.4 Å². The summed E-state index contributed by atoms with van der Waals surface area (Å²) in [5.74, 6) is 0.120. The van der Waals surface area contributed by atoms with Crippen molar-refractivity contribution in [1.82, 2.24) is 5.32 Å². The zero-order valence-corrected chi connectivity index (χ0v) is 14.3. The van der Waals surface area contributed by atoms with Gasteiger partial charge in [-0.1, -0.05) is 47.3 Å². The highest BCUT2D eigenvalue weighted by molar-refractivity contribution is 9.10. The fraction of sp³-hybridized carbons (Fsp3) is 0.588. The molecular formula is C17H25BrN2O. The van der Waals surface area contributed by atoms with Crippen LogP contribution < -0.4 is 11.1 Å². The molecule has 1 unspecified atom stereocenters. The van der Waals surface area contributed by atoms with E-state index in [1.807, 2.05) is 31.2 Å². The lowest BCUT2D eigenvalue weighted by molar-refractivity contribution is -0.124. The largest absolute Gasteiger partial charge is 0.350 e. The van der Waals surface area contributed by atoms with Crippen LogP contribution in [0.5, 0.6) is 0 Å². The molecule has 1 aromatic rings. The van der Waals surface area contributed by atoms with Crippen LogP contribution in [0.15, 0.2) is 28.7 Å². The van der Waals surface area contributed by atoms with Crippen molar-refractivity contribution in [2.45, 2.75) is 51.5 Å². The van der Waals surface area contributed by atoms with Gasteiger partial charge in [0, 0.05) is 10.9 Å². The molecule has 1 aromatic carbocycles. The highest BCUT2D eigenvalue weighted by atomic mass is 79.9. The minimum atomic E-state index is 0.0217. The van der Waals surface area contributed by atoms with Gasteiger partial charge in [-0.2, -0.15) is 0 Å². The Labute approximate surface area is 135 Å². The number of benzene rings is 1. The molecule has 1 fully saturated rings. The summed E-state index contributed by atoms with van der Waals surface area (Å²) in [5.41, 5.74) is 7.10. The Hall–Kier alpha value is -0.870. The number of halogens is 1. The number of nitrogens with two attached hydrogens (primary N) is 1. The van der Waals surface area contributed by atoms with Crippen molar-refractivity contribution in [2.24, 2.45) is 11.1 Å². The van der Waals surface area contributed by atoms with Gasteiger partial charge in [-0.3, -0.25) is 4.79 Å². The van der Waals surface area contributed by atoms with Gasteiger partial charge in [0.25, 0.3) is 0 Å². The van der Waals surface area contributed by atoms with Gasteiger partial charge in [-0.25, -0.2) is 0 Å². The number of carbonyl (C=O) groups excluding carboxylic acids is 1. The number of carbonyl (C=O) groups is 1. The van der Waals surface area contributed by atoms with Gasteiger partial charge in [0.05, 0.1) is 6.04 Å².